The molecule has 3 N–H and O–H groups in total. The van der Waals surface area contributed by atoms with Crippen LogP contribution in [0, 0.1) is 5.82 Å². The third-order valence-corrected chi connectivity index (χ3v) is 2.76. The Morgan fingerprint density at radius 3 is 2.55 bits per heavy atom. The summed E-state index contributed by atoms with van der Waals surface area (Å²) in [7, 11) is 0. The molecule has 0 saturated heterocycles. The van der Waals surface area contributed by atoms with Crippen LogP contribution in [0.25, 0.3) is 0 Å². The molecule has 0 aliphatic carbocycles. The van der Waals surface area contributed by atoms with Crippen LogP contribution in [0.1, 0.15) is 21.6 Å². The zero-order valence-corrected chi connectivity index (χ0v) is 11.0. The Bertz CT molecular complexity index is 703. The van der Waals surface area contributed by atoms with Gasteiger partial charge in [-0.05, 0) is 17.7 Å². The van der Waals surface area contributed by atoms with Crippen LogP contribution in [0.2, 0.25) is 0 Å². The van der Waals surface area contributed by atoms with Crippen molar-refractivity contribution in [3.8, 4) is 0 Å². The first kappa shape index (κ1) is 15.7. The second-order valence-corrected chi connectivity index (χ2v) is 4.27. The molecule has 0 bridgehead atoms. The van der Waals surface area contributed by atoms with E-state index in [-0.39, 0.29) is 17.1 Å². The van der Waals surface area contributed by atoms with E-state index < -0.39 is 30.0 Å². The Balaban J connectivity index is 2.19. The van der Waals surface area contributed by atoms with E-state index in [1.807, 2.05) is 0 Å². The number of benzene rings is 1. The van der Waals surface area contributed by atoms with Gasteiger partial charge in [-0.25, -0.2) is 14.4 Å². The maximum Gasteiger partial charge on any atom is 0.416 e. The van der Waals surface area contributed by atoms with Crippen molar-refractivity contribution in [2.75, 3.05) is 5.73 Å². The fourth-order valence-electron chi connectivity index (χ4n) is 1.75. The van der Waals surface area contributed by atoms with Gasteiger partial charge >= 0.3 is 6.18 Å². The monoisotopic (exact) mass is 314 g/mol. The van der Waals surface area contributed by atoms with Crippen LogP contribution in [0.4, 0.5) is 23.4 Å². The van der Waals surface area contributed by atoms with Gasteiger partial charge in [0.25, 0.3) is 5.91 Å². The summed E-state index contributed by atoms with van der Waals surface area (Å²) < 4.78 is 51.4. The van der Waals surface area contributed by atoms with Crippen LogP contribution in [-0.2, 0) is 12.7 Å². The van der Waals surface area contributed by atoms with Gasteiger partial charge in [0, 0.05) is 18.9 Å². The zero-order valence-electron chi connectivity index (χ0n) is 11.0. The lowest BCUT2D eigenvalue weighted by molar-refractivity contribution is -0.138. The second-order valence-electron chi connectivity index (χ2n) is 4.27. The number of hydrogen-bond acceptors (Lipinski definition) is 4. The van der Waals surface area contributed by atoms with E-state index >= 15 is 0 Å². The van der Waals surface area contributed by atoms with Crippen LogP contribution in [0.5, 0.6) is 0 Å². The molecule has 0 radical (unpaired) electrons. The first-order chi connectivity index (χ1) is 10.3. The van der Waals surface area contributed by atoms with Gasteiger partial charge in [-0.1, -0.05) is 6.07 Å². The van der Waals surface area contributed by atoms with E-state index in [0.29, 0.717) is 6.07 Å². The Kier molecular flexibility index (Phi) is 4.25. The number of rotatable bonds is 3. The van der Waals surface area contributed by atoms with E-state index in [0.717, 1.165) is 12.1 Å². The Labute approximate surface area is 122 Å². The van der Waals surface area contributed by atoms with E-state index in [2.05, 4.69) is 15.3 Å². The number of carbonyl (C=O) groups is 1. The maximum atomic E-state index is 13.0. The molecule has 2 aromatic rings. The molecular formula is C13H10F4N4O. The largest absolute Gasteiger partial charge is 0.416 e. The molecule has 0 fully saturated rings. The Hall–Kier alpha value is -2.71. The molecule has 0 unspecified atom stereocenters. The van der Waals surface area contributed by atoms with Gasteiger partial charge in [0.2, 0.25) is 0 Å². The van der Waals surface area contributed by atoms with Gasteiger partial charge in [0.05, 0.1) is 5.56 Å². The summed E-state index contributed by atoms with van der Waals surface area (Å²) in [4.78, 5) is 19.2. The number of anilines is 1. The third kappa shape index (κ3) is 3.48. The molecule has 1 aromatic carbocycles. The number of aromatic nitrogens is 2. The minimum absolute atomic E-state index is 0.143. The molecule has 1 aromatic heterocycles. The number of alkyl halides is 3. The van der Waals surface area contributed by atoms with Crippen molar-refractivity contribution < 1.29 is 22.4 Å². The van der Waals surface area contributed by atoms with Gasteiger partial charge < -0.3 is 11.1 Å². The summed E-state index contributed by atoms with van der Waals surface area (Å²) in [6, 6.07) is 2.21. The molecule has 0 aliphatic heterocycles. The number of nitrogens with one attached hydrogen (secondary N) is 1. The topological polar surface area (TPSA) is 80.9 Å². The van der Waals surface area contributed by atoms with Crippen molar-refractivity contribution in [3.05, 3.63) is 53.2 Å². The van der Waals surface area contributed by atoms with E-state index in [4.69, 9.17) is 5.73 Å². The van der Waals surface area contributed by atoms with Gasteiger partial charge in [-0.3, -0.25) is 4.79 Å². The molecular weight excluding hydrogens is 304 g/mol. The highest BCUT2D eigenvalue weighted by atomic mass is 19.4. The van der Waals surface area contributed by atoms with Crippen molar-refractivity contribution in [1.82, 2.24) is 15.3 Å². The summed E-state index contributed by atoms with van der Waals surface area (Å²) >= 11 is 0. The van der Waals surface area contributed by atoms with Crippen LogP contribution in [0.3, 0.4) is 0 Å². The van der Waals surface area contributed by atoms with Crippen LogP contribution in [0.15, 0.2) is 30.6 Å². The highest BCUT2D eigenvalue weighted by Crippen LogP contribution is 2.32. The molecule has 116 valence electrons. The number of nitrogens with two attached hydrogens (primary N) is 1. The number of amides is 1. The first-order valence-electron chi connectivity index (χ1n) is 5.99. The minimum atomic E-state index is -4.73. The molecule has 0 spiro atoms. The first-order valence-corrected chi connectivity index (χ1v) is 5.99. The summed E-state index contributed by atoms with van der Waals surface area (Å²) in [5.41, 5.74) is 3.82. The molecule has 0 atom stereocenters. The quantitative estimate of drug-likeness (QED) is 0.851. The van der Waals surface area contributed by atoms with Crippen LogP contribution < -0.4 is 11.1 Å². The number of carbonyl (C=O) groups excluding carboxylic acids is 1. The smallest absolute Gasteiger partial charge is 0.382 e. The van der Waals surface area contributed by atoms with E-state index in [1.54, 1.807) is 0 Å². The average Bonchev–Trinajstić information content (AvgIpc) is 2.45. The molecule has 9 heteroatoms. The van der Waals surface area contributed by atoms with Crippen molar-refractivity contribution >= 4 is 11.7 Å². The van der Waals surface area contributed by atoms with Crippen LogP contribution in [-0.4, -0.2) is 15.9 Å². The SMILES string of the molecule is Nc1nccnc1C(=O)NCc1ccc(F)cc1C(F)(F)F. The molecule has 22 heavy (non-hydrogen) atoms. The molecule has 2 rings (SSSR count). The van der Waals surface area contributed by atoms with Crippen molar-refractivity contribution in [2.45, 2.75) is 12.7 Å². The number of nitrogen functional groups attached to an aromatic ring is 1. The highest BCUT2D eigenvalue weighted by molar-refractivity contribution is 5.96. The van der Waals surface area contributed by atoms with Crippen molar-refractivity contribution in [1.29, 1.82) is 0 Å². The number of halogens is 4. The highest BCUT2D eigenvalue weighted by Gasteiger charge is 2.33. The Morgan fingerprint density at radius 2 is 1.91 bits per heavy atom. The van der Waals surface area contributed by atoms with Gasteiger partial charge in [-0.15, -0.1) is 0 Å². The lowest BCUT2D eigenvalue weighted by Gasteiger charge is -2.13. The molecule has 0 saturated carbocycles. The molecule has 5 nitrogen and oxygen atoms in total. The van der Waals surface area contributed by atoms with Crippen molar-refractivity contribution in [2.24, 2.45) is 0 Å². The third-order valence-electron chi connectivity index (χ3n) is 2.76. The average molecular weight is 314 g/mol. The number of hydrogen-bond donors (Lipinski definition) is 2. The maximum absolute atomic E-state index is 13.0. The molecule has 1 heterocycles. The van der Waals surface area contributed by atoms with E-state index in [9.17, 15) is 22.4 Å². The van der Waals surface area contributed by atoms with Gasteiger partial charge in [0.15, 0.2) is 11.5 Å². The van der Waals surface area contributed by atoms with Gasteiger partial charge in [0.1, 0.15) is 5.82 Å². The second kappa shape index (κ2) is 5.96. The Morgan fingerprint density at radius 1 is 1.23 bits per heavy atom. The standard InChI is InChI=1S/C13H10F4N4O/c14-8-2-1-7(9(5-8)13(15,16)17)6-21-12(22)10-11(18)20-4-3-19-10/h1-5H,6H2,(H2,18,20)(H,21,22). The minimum Gasteiger partial charge on any atom is -0.382 e. The summed E-state index contributed by atoms with van der Waals surface area (Å²) in [5.74, 6) is -1.93. The fraction of sp³-hybridized carbons (Fsp3) is 0.154. The zero-order chi connectivity index (χ0) is 16.3. The van der Waals surface area contributed by atoms with Crippen LogP contribution >= 0.6 is 0 Å². The summed E-state index contributed by atoms with van der Waals surface area (Å²) in [5, 5.41) is 2.24. The fourth-order valence-corrected chi connectivity index (χ4v) is 1.75. The number of nitrogens with zero attached hydrogens (tertiary/aromatic N) is 2. The summed E-state index contributed by atoms with van der Waals surface area (Å²) in [6.45, 7) is -0.454. The predicted octanol–water partition coefficient (Wildman–Crippen LogP) is 2.15. The van der Waals surface area contributed by atoms with E-state index in [1.165, 1.54) is 12.4 Å². The molecule has 1 amide bonds. The summed E-state index contributed by atoms with van der Waals surface area (Å²) in [6.07, 6.45) is -2.23. The normalized spacial score (nSPS) is 11.3. The lowest BCUT2D eigenvalue weighted by atomic mass is 10.1. The lowest BCUT2D eigenvalue weighted by Crippen LogP contribution is -2.26. The van der Waals surface area contributed by atoms with Crippen molar-refractivity contribution in [3.63, 3.8) is 0 Å². The predicted molar refractivity (Wildman–Crippen MR) is 69.0 cm³/mol. The van der Waals surface area contributed by atoms with Gasteiger partial charge in [-0.2, -0.15) is 13.2 Å². The molecule has 0 aliphatic rings.